The van der Waals surface area contributed by atoms with E-state index in [0.29, 0.717) is 18.1 Å². The van der Waals surface area contributed by atoms with Gasteiger partial charge in [-0.25, -0.2) is 4.98 Å². The molecule has 2 N–H and O–H groups in total. The summed E-state index contributed by atoms with van der Waals surface area (Å²) < 4.78 is 4.58. The largest absolute Gasteiger partial charge is 0.370 e. The first-order chi connectivity index (χ1) is 10.1. The molecule has 0 saturated heterocycles. The van der Waals surface area contributed by atoms with Crippen molar-refractivity contribution < 1.29 is 14.2 Å². The standard InChI is InChI=1S/C12H13N5O4/c1-2-3-13-11-4-9(10(6-14-11)17(19)20)12(18)16-8-5-15-21-7-8/h4-7H,2-3H2,1H3,(H,13,14)(H,16,18). The van der Waals surface area contributed by atoms with Gasteiger partial charge in [0, 0.05) is 12.6 Å². The fourth-order valence-corrected chi connectivity index (χ4v) is 1.59. The lowest BCUT2D eigenvalue weighted by atomic mass is 10.2. The molecule has 1 amide bonds. The van der Waals surface area contributed by atoms with Gasteiger partial charge in [-0.2, -0.15) is 0 Å². The maximum Gasteiger partial charge on any atom is 0.300 e. The number of nitrogens with zero attached hydrogens (tertiary/aromatic N) is 3. The van der Waals surface area contributed by atoms with Crippen molar-refractivity contribution in [3.63, 3.8) is 0 Å². The number of carbonyl (C=O) groups is 1. The number of hydrogen-bond acceptors (Lipinski definition) is 7. The second-order valence-electron chi connectivity index (χ2n) is 4.14. The molecule has 0 aromatic carbocycles. The highest BCUT2D eigenvalue weighted by atomic mass is 16.6. The zero-order chi connectivity index (χ0) is 15.2. The summed E-state index contributed by atoms with van der Waals surface area (Å²) in [5, 5.41) is 19.9. The third-order valence-corrected chi connectivity index (χ3v) is 2.57. The van der Waals surface area contributed by atoms with Crippen LogP contribution < -0.4 is 10.6 Å². The Morgan fingerprint density at radius 3 is 2.90 bits per heavy atom. The van der Waals surface area contributed by atoms with Gasteiger partial charge in [0.2, 0.25) is 0 Å². The molecule has 0 aliphatic heterocycles. The second-order valence-corrected chi connectivity index (χ2v) is 4.14. The maximum absolute atomic E-state index is 12.1. The molecule has 110 valence electrons. The zero-order valence-corrected chi connectivity index (χ0v) is 11.2. The molecule has 9 nitrogen and oxygen atoms in total. The van der Waals surface area contributed by atoms with Crippen LogP contribution in [0.1, 0.15) is 23.7 Å². The van der Waals surface area contributed by atoms with Crippen LogP contribution >= 0.6 is 0 Å². The fraction of sp³-hybridized carbons (Fsp3) is 0.250. The van der Waals surface area contributed by atoms with Gasteiger partial charge in [0.15, 0.2) is 0 Å². The number of amides is 1. The average molecular weight is 291 g/mol. The fourth-order valence-electron chi connectivity index (χ4n) is 1.59. The Kier molecular flexibility index (Phi) is 4.44. The molecule has 2 aromatic rings. The Hall–Kier alpha value is -2.97. The van der Waals surface area contributed by atoms with Gasteiger partial charge in [-0.05, 0) is 6.42 Å². The first-order valence-electron chi connectivity index (χ1n) is 6.21. The molecule has 2 rings (SSSR count). The van der Waals surface area contributed by atoms with Crippen LogP contribution in [0.2, 0.25) is 0 Å². The molecule has 0 radical (unpaired) electrons. The Bertz CT molecular complexity index is 641. The number of nitrogens with one attached hydrogen (secondary N) is 2. The molecule has 0 atom stereocenters. The summed E-state index contributed by atoms with van der Waals surface area (Å²) in [6, 6.07) is 1.34. The monoisotopic (exact) mass is 291 g/mol. The van der Waals surface area contributed by atoms with Crippen LogP contribution in [0.15, 0.2) is 29.2 Å². The molecule has 9 heteroatoms. The highest BCUT2D eigenvalue weighted by Crippen LogP contribution is 2.21. The molecule has 0 spiro atoms. The lowest BCUT2D eigenvalue weighted by Gasteiger charge is -2.07. The van der Waals surface area contributed by atoms with Crippen molar-refractivity contribution in [2.24, 2.45) is 0 Å². The predicted octanol–water partition coefficient (Wildman–Crippen LogP) is 2.05. The Labute approximate surface area is 119 Å². The summed E-state index contributed by atoms with van der Waals surface area (Å²) in [5.74, 6) is -0.232. The van der Waals surface area contributed by atoms with Crippen LogP contribution in [0, 0.1) is 10.1 Å². The van der Waals surface area contributed by atoms with E-state index in [4.69, 9.17) is 0 Å². The number of carbonyl (C=O) groups excluding carboxylic acids is 1. The number of hydrogen-bond donors (Lipinski definition) is 2. The van der Waals surface area contributed by atoms with Gasteiger partial charge in [0.1, 0.15) is 29.5 Å². The quantitative estimate of drug-likeness (QED) is 0.616. The third kappa shape index (κ3) is 3.53. The van der Waals surface area contributed by atoms with Crippen molar-refractivity contribution >= 4 is 23.1 Å². The van der Waals surface area contributed by atoms with Crippen molar-refractivity contribution in [2.45, 2.75) is 13.3 Å². The number of anilines is 2. The van der Waals surface area contributed by atoms with Crippen LogP contribution in [0.4, 0.5) is 17.2 Å². The van der Waals surface area contributed by atoms with Crippen LogP contribution in [0.5, 0.6) is 0 Å². The topological polar surface area (TPSA) is 123 Å². The van der Waals surface area contributed by atoms with Gasteiger partial charge in [-0.15, -0.1) is 0 Å². The van der Waals surface area contributed by atoms with Gasteiger partial charge >= 0.3 is 0 Å². The molecule has 0 bridgehead atoms. The van der Waals surface area contributed by atoms with E-state index in [-0.39, 0.29) is 11.3 Å². The summed E-state index contributed by atoms with van der Waals surface area (Å²) in [6.45, 7) is 2.62. The van der Waals surface area contributed by atoms with Crippen molar-refractivity contribution in [1.29, 1.82) is 0 Å². The van der Waals surface area contributed by atoms with Crippen LogP contribution in [0.25, 0.3) is 0 Å². The Balaban J connectivity index is 2.29. The number of aromatic nitrogens is 2. The molecule has 0 unspecified atom stereocenters. The second kappa shape index (κ2) is 6.46. The van der Waals surface area contributed by atoms with E-state index < -0.39 is 10.8 Å². The number of nitro groups is 1. The number of pyridine rings is 1. The lowest BCUT2D eigenvalue weighted by molar-refractivity contribution is -0.385. The molecular weight excluding hydrogens is 278 g/mol. The van der Waals surface area contributed by atoms with E-state index in [1.807, 2.05) is 6.92 Å². The van der Waals surface area contributed by atoms with Crippen LogP contribution in [-0.2, 0) is 0 Å². The molecule has 0 aliphatic rings. The summed E-state index contributed by atoms with van der Waals surface area (Å²) in [7, 11) is 0. The van der Waals surface area contributed by atoms with Gasteiger partial charge in [-0.3, -0.25) is 14.9 Å². The van der Waals surface area contributed by atoms with Crippen LogP contribution in [-0.4, -0.2) is 27.5 Å². The highest BCUT2D eigenvalue weighted by molar-refractivity contribution is 6.07. The smallest absolute Gasteiger partial charge is 0.300 e. The third-order valence-electron chi connectivity index (χ3n) is 2.57. The van der Waals surface area contributed by atoms with Crippen molar-refractivity contribution in [3.8, 4) is 0 Å². The average Bonchev–Trinajstić information content (AvgIpc) is 2.97. The van der Waals surface area contributed by atoms with E-state index in [2.05, 4.69) is 25.3 Å². The highest BCUT2D eigenvalue weighted by Gasteiger charge is 2.22. The molecule has 2 aromatic heterocycles. The first-order valence-corrected chi connectivity index (χ1v) is 6.21. The van der Waals surface area contributed by atoms with E-state index in [9.17, 15) is 14.9 Å². The molecule has 0 fully saturated rings. The minimum atomic E-state index is -0.654. The zero-order valence-electron chi connectivity index (χ0n) is 11.2. The van der Waals surface area contributed by atoms with E-state index in [0.717, 1.165) is 12.6 Å². The Morgan fingerprint density at radius 2 is 2.29 bits per heavy atom. The SMILES string of the molecule is CCCNc1cc(C(=O)Nc2cnoc2)c([N+](=O)[O-])cn1. The van der Waals surface area contributed by atoms with E-state index in [1.54, 1.807) is 0 Å². The number of rotatable bonds is 6. The maximum atomic E-state index is 12.1. The van der Waals surface area contributed by atoms with Crippen molar-refractivity contribution in [1.82, 2.24) is 10.1 Å². The minimum Gasteiger partial charge on any atom is -0.370 e. The van der Waals surface area contributed by atoms with Crippen molar-refractivity contribution in [2.75, 3.05) is 17.2 Å². The van der Waals surface area contributed by atoms with Crippen molar-refractivity contribution in [3.05, 3.63) is 40.4 Å². The predicted molar refractivity (Wildman–Crippen MR) is 74.1 cm³/mol. The first kappa shape index (κ1) is 14.4. The summed E-state index contributed by atoms with van der Waals surface area (Å²) >= 11 is 0. The summed E-state index contributed by atoms with van der Waals surface area (Å²) in [5.41, 5.74) is -0.144. The molecule has 0 aliphatic carbocycles. The van der Waals surface area contributed by atoms with Crippen LogP contribution in [0.3, 0.4) is 0 Å². The Morgan fingerprint density at radius 1 is 1.48 bits per heavy atom. The van der Waals surface area contributed by atoms with Gasteiger partial charge < -0.3 is 15.2 Å². The molecular formula is C12H13N5O4. The van der Waals surface area contributed by atoms with Gasteiger partial charge in [0.25, 0.3) is 11.6 Å². The summed E-state index contributed by atoms with van der Waals surface area (Å²) in [6.07, 6.45) is 4.43. The normalized spacial score (nSPS) is 10.1. The molecule has 0 saturated carbocycles. The molecule has 2 heterocycles. The lowest BCUT2D eigenvalue weighted by Crippen LogP contribution is -2.15. The summed E-state index contributed by atoms with van der Waals surface area (Å²) in [4.78, 5) is 26.4. The van der Waals surface area contributed by atoms with Gasteiger partial charge in [-0.1, -0.05) is 12.1 Å². The van der Waals surface area contributed by atoms with E-state index in [1.165, 1.54) is 18.5 Å². The molecule has 21 heavy (non-hydrogen) atoms. The minimum absolute atomic E-state index is 0.0881. The van der Waals surface area contributed by atoms with Gasteiger partial charge in [0.05, 0.1) is 11.1 Å². The van der Waals surface area contributed by atoms with E-state index >= 15 is 0 Å².